The number of halogens is 1. The Bertz CT molecular complexity index is 128. The lowest BCUT2D eigenvalue weighted by Gasteiger charge is -2.22. The summed E-state index contributed by atoms with van der Waals surface area (Å²) in [4.78, 5) is 0. The molecule has 0 saturated heterocycles. The van der Waals surface area contributed by atoms with Crippen LogP contribution in [0.2, 0.25) is 5.54 Å². The molecule has 15 heavy (non-hydrogen) atoms. The Morgan fingerprint density at radius 1 is 1.13 bits per heavy atom. The molecular weight excluding hydrogens is 228 g/mol. The van der Waals surface area contributed by atoms with Crippen LogP contribution in [0.25, 0.3) is 0 Å². The van der Waals surface area contributed by atoms with Gasteiger partial charge in [0.1, 0.15) is 0 Å². The van der Waals surface area contributed by atoms with Crippen molar-refractivity contribution < 1.29 is 8.85 Å². The fourth-order valence-corrected chi connectivity index (χ4v) is 3.73. The molecule has 0 aromatic heterocycles. The average Bonchev–Trinajstić information content (AvgIpc) is 2.26. The molecule has 0 heterocycles. The smallest absolute Gasteiger partial charge is 0.324 e. The number of hydrogen-bond donors (Lipinski definition) is 0. The summed E-state index contributed by atoms with van der Waals surface area (Å²) in [6, 6.07) is 0. The Morgan fingerprint density at radius 3 is 2.07 bits per heavy atom. The fraction of sp³-hybridized carbons (Fsp3) is 1.00. The molecule has 0 spiro atoms. The lowest BCUT2D eigenvalue weighted by molar-refractivity contribution is 0.187. The molecule has 1 atom stereocenters. The van der Waals surface area contributed by atoms with Gasteiger partial charge < -0.3 is 8.85 Å². The molecule has 0 aliphatic rings. The van der Waals surface area contributed by atoms with Gasteiger partial charge in [0.05, 0.1) is 0 Å². The standard InChI is InChI=1S/C11H25ClO2Si/c1-4-9-13-15(14-10-5-2)11(3)7-6-8-12/h11,15H,4-10H2,1-3H3. The lowest BCUT2D eigenvalue weighted by Crippen LogP contribution is -2.28. The van der Waals surface area contributed by atoms with Gasteiger partial charge in [-0.1, -0.05) is 20.8 Å². The molecule has 0 bridgehead atoms. The van der Waals surface area contributed by atoms with Crippen LogP contribution in [0.15, 0.2) is 0 Å². The zero-order chi connectivity index (χ0) is 11.5. The SMILES string of the molecule is CCCO[SiH](OCCC)C(C)CCCCl. The summed E-state index contributed by atoms with van der Waals surface area (Å²) in [5.74, 6) is 0.743. The second-order valence-corrected chi connectivity index (χ2v) is 6.84. The first-order valence-electron chi connectivity index (χ1n) is 6.05. The van der Waals surface area contributed by atoms with E-state index in [9.17, 15) is 0 Å². The zero-order valence-electron chi connectivity index (χ0n) is 10.3. The molecule has 0 amide bonds. The van der Waals surface area contributed by atoms with E-state index in [2.05, 4.69) is 20.8 Å². The molecule has 92 valence electrons. The highest BCUT2D eigenvalue weighted by molar-refractivity contribution is 6.46. The molecule has 0 aromatic rings. The van der Waals surface area contributed by atoms with Crippen molar-refractivity contribution in [3.8, 4) is 0 Å². The van der Waals surface area contributed by atoms with Gasteiger partial charge in [-0.15, -0.1) is 11.6 Å². The van der Waals surface area contributed by atoms with E-state index in [1.165, 1.54) is 0 Å². The maximum atomic E-state index is 5.83. The van der Waals surface area contributed by atoms with Crippen molar-refractivity contribution in [3.05, 3.63) is 0 Å². The maximum absolute atomic E-state index is 5.83. The first kappa shape index (κ1) is 15.4. The minimum absolute atomic E-state index is 0.571. The van der Waals surface area contributed by atoms with Crippen molar-refractivity contribution in [2.75, 3.05) is 19.1 Å². The Hall–Kier alpha value is 0.427. The molecule has 0 rings (SSSR count). The molecular formula is C11H25ClO2Si. The summed E-state index contributed by atoms with van der Waals surface area (Å²) in [6.07, 6.45) is 4.34. The largest absolute Gasteiger partial charge is 0.396 e. The second kappa shape index (κ2) is 10.9. The molecule has 2 nitrogen and oxygen atoms in total. The van der Waals surface area contributed by atoms with Crippen LogP contribution < -0.4 is 0 Å². The minimum atomic E-state index is -1.45. The zero-order valence-corrected chi connectivity index (χ0v) is 12.2. The van der Waals surface area contributed by atoms with Crippen LogP contribution in [0.5, 0.6) is 0 Å². The summed E-state index contributed by atoms with van der Waals surface area (Å²) in [5, 5.41) is 0. The first-order chi connectivity index (χ1) is 7.26. The van der Waals surface area contributed by atoms with Gasteiger partial charge >= 0.3 is 9.28 Å². The van der Waals surface area contributed by atoms with E-state index in [1.807, 2.05) is 0 Å². The summed E-state index contributed by atoms with van der Waals surface area (Å²) in [6.45, 7) is 8.18. The minimum Gasteiger partial charge on any atom is -0.396 e. The van der Waals surface area contributed by atoms with E-state index in [-0.39, 0.29) is 0 Å². The van der Waals surface area contributed by atoms with Crippen LogP contribution in [-0.2, 0) is 8.85 Å². The van der Waals surface area contributed by atoms with E-state index in [0.717, 1.165) is 44.8 Å². The Labute approximate surface area is 101 Å². The molecule has 0 fully saturated rings. The van der Waals surface area contributed by atoms with E-state index in [1.54, 1.807) is 0 Å². The summed E-state index contributed by atoms with van der Waals surface area (Å²) >= 11 is 5.69. The molecule has 4 heteroatoms. The van der Waals surface area contributed by atoms with Gasteiger partial charge in [0.25, 0.3) is 0 Å². The molecule has 0 saturated carbocycles. The summed E-state index contributed by atoms with van der Waals surface area (Å²) in [5.41, 5.74) is 0.571. The molecule has 1 unspecified atom stereocenters. The molecule has 0 aromatic carbocycles. The predicted octanol–water partition coefficient (Wildman–Crippen LogP) is 3.47. The molecule has 0 radical (unpaired) electrons. The van der Waals surface area contributed by atoms with Gasteiger partial charge in [0.2, 0.25) is 0 Å². The first-order valence-corrected chi connectivity index (χ1v) is 8.19. The van der Waals surface area contributed by atoms with Gasteiger partial charge in [-0.25, -0.2) is 0 Å². The van der Waals surface area contributed by atoms with E-state index in [4.69, 9.17) is 20.5 Å². The third-order valence-electron chi connectivity index (χ3n) is 2.23. The fourth-order valence-electron chi connectivity index (χ4n) is 1.38. The quantitative estimate of drug-likeness (QED) is 0.438. The summed E-state index contributed by atoms with van der Waals surface area (Å²) in [7, 11) is -1.45. The predicted molar refractivity (Wildman–Crippen MR) is 69.0 cm³/mol. The summed E-state index contributed by atoms with van der Waals surface area (Å²) < 4.78 is 11.7. The normalized spacial score (nSPS) is 13.4. The lowest BCUT2D eigenvalue weighted by atomic mass is 10.3. The number of alkyl halides is 1. The molecule has 0 aliphatic heterocycles. The third-order valence-corrected chi connectivity index (χ3v) is 4.89. The number of rotatable bonds is 10. The highest BCUT2D eigenvalue weighted by Crippen LogP contribution is 2.19. The van der Waals surface area contributed by atoms with Crippen LogP contribution in [0, 0.1) is 0 Å². The van der Waals surface area contributed by atoms with Gasteiger partial charge in [0, 0.05) is 19.1 Å². The van der Waals surface area contributed by atoms with Crippen molar-refractivity contribution in [1.82, 2.24) is 0 Å². The average molecular weight is 253 g/mol. The third kappa shape index (κ3) is 8.26. The highest BCUT2D eigenvalue weighted by Gasteiger charge is 2.21. The van der Waals surface area contributed by atoms with Crippen LogP contribution in [0.4, 0.5) is 0 Å². The highest BCUT2D eigenvalue weighted by atomic mass is 35.5. The van der Waals surface area contributed by atoms with Crippen molar-refractivity contribution in [1.29, 1.82) is 0 Å². The van der Waals surface area contributed by atoms with Crippen LogP contribution in [0.1, 0.15) is 46.5 Å². The molecule has 0 aliphatic carbocycles. The van der Waals surface area contributed by atoms with E-state index >= 15 is 0 Å². The van der Waals surface area contributed by atoms with Gasteiger partial charge in [-0.05, 0) is 31.2 Å². The van der Waals surface area contributed by atoms with Gasteiger partial charge in [0.15, 0.2) is 0 Å². The van der Waals surface area contributed by atoms with E-state index in [0.29, 0.717) is 5.54 Å². The Kier molecular flexibility index (Phi) is 11.2. The topological polar surface area (TPSA) is 18.5 Å². The van der Waals surface area contributed by atoms with Gasteiger partial charge in [-0.2, -0.15) is 0 Å². The van der Waals surface area contributed by atoms with Gasteiger partial charge in [-0.3, -0.25) is 0 Å². The van der Waals surface area contributed by atoms with E-state index < -0.39 is 9.28 Å². The Balaban J connectivity index is 3.84. The maximum Gasteiger partial charge on any atom is 0.324 e. The second-order valence-electron chi connectivity index (χ2n) is 3.92. The van der Waals surface area contributed by atoms with Crippen molar-refractivity contribution in [3.63, 3.8) is 0 Å². The molecule has 0 N–H and O–H groups in total. The van der Waals surface area contributed by atoms with Crippen molar-refractivity contribution in [2.24, 2.45) is 0 Å². The van der Waals surface area contributed by atoms with Crippen LogP contribution in [0.3, 0.4) is 0 Å². The van der Waals surface area contributed by atoms with Crippen molar-refractivity contribution >= 4 is 20.9 Å². The van der Waals surface area contributed by atoms with Crippen LogP contribution >= 0.6 is 11.6 Å². The van der Waals surface area contributed by atoms with Crippen LogP contribution in [-0.4, -0.2) is 28.4 Å². The number of hydrogen-bond acceptors (Lipinski definition) is 2. The van der Waals surface area contributed by atoms with Crippen molar-refractivity contribution in [2.45, 2.75) is 52.0 Å². The Morgan fingerprint density at radius 2 is 1.67 bits per heavy atom. The monoisotopic (exact) mass is 252 g/mol.